The van der Waals surface area contributed by atoms with Gasteiger partial charge >= 0.3 is 6.18 Å². The van der Waals surface area contributed by atoms with Gasteiger partial charge in [-0.25, -0.2) is 0 Å². The number of hydrogen-bond acceptors (Lipinski definition) is 2. The third-order valence-corrected chi connectivity index (χ3v) is 3.53. The van der Waals surface area contributed by atoms with Crippen LogP contribution < -0.4 is 0 Å². The van der Waals surface area contributed by atoms with Crippen molar-refractivity contribution in [2.75, 3.05) is 20.1 Å². The second-order valence-corrected chi connectivity index (χ2v) is 5.20. The van der Waals surface area contributed by atoms with Crippen LogP contribution in [-0.4, -0.2) is 30.8 Å². The molecule has 0 aromatic heterocycles. The van der Waals surface area contributed by atoms with Crippen LogP contribution >= 0.6 is 0 Å². The van der Waals surface area contributed by atoms with E-state index in [-0.39, 0.29) is 11.7 Å². The molecule has 1 aromatic carbocycles. The number of hydrogen-bond donors (Lipinski definition) is 0. The standard InChI is InChI=1S/C14H16F3NO/c1-9-7-18(2)8-12(13(9)19)10-4-3-5-11(6-10)14(15,16)17/h3-6,9,12H,7-8H2,1-2H3. The van der Waals surface area contributed by atoms with Gasteiger partial charge in [-0.1, -0.05) is 25.1 Å². The maximum Gasteiger partial charge on any atom is 0.416 e. The topological polar surface area (TPSA) is 20.3 Å². The first-order valence-corrected chi connectivity index (χ1v) is 6.18. The summed E-state index contributed by atoms with van der Waals surface area (Å²) in [6.07, 6.45) is -4.37. The molecule has 2 atom stereocenters. The number of likely N-dealkylation sites (tertiary alicyclic amines) is 1. The maximum absolute atomic E-state index is 12.7. The molecule has 1 aromatic rings. The van der Waals surface area contributed by atoms with Gasteiger partial charge in [0.2, 0.25) is 0 Å². The Labute approximate surface area is 110 Å². The summed E-state index contributed by atoms with van der Waals surface area (Å²) in [7, 11) is 1.88. The summed E-state index contributed by atoms with van der Waals surface area (Å²) in [6, 6.07) is 5.09. The van der Waals surface area contributed by atoms with Gasteiger partial charge in [0, 0.05) is 19.0 Å². The second-order valence-electron chi connectivity index (χ2n) is 5.20. The van der Waals surface area contributed by atoms with Crippen LogP contribution in [0.5, 0.6) is 0 Å². The lowest BCUT2D eigenvalue weighted by Crippen LogP contribution is -2.42. The zero-order valence-electron chi connectivity index (χ0n) is 10.9. The molecular formula is C14H16F3NO. The first-order valence-electron chi connectivity index (χ1n) is 6.18. The molecule has 0 spiro atoms. The Kier molecular flexibility index (Phi) is 3.67. The summed E-state index contributed by atoms with van der Waals surface area (Å²) in [5, 5.41) is 0. The smallest absolute Gasteiger partial charge is 0.305 e. The molecule has 1 fully saturated rings. The zero-order valence-corrected chi connectivity index (χ0v) is 10.9. The molecule has 1 saturated heterocycles. The van der Waals surface area contributed by atoms with Gasteiger partial charge in [0.1, 0.15) is 5.78 Å². The molecule has 2 unspecified atom stereocenters. The molecule has 104 valence electrons. The lowest BCUT2D eigenvalue weighted by atomic mass is 9.84. The normalized spacial score (nSPS) is 25.6. The summed E-state index contributed by atoms with van der Waals surface area (Å²) in [5.74, 6) is -0.577. The first-order chi connectivity index (χ1) is 8.79. The molecule has 19 heavy (non-hydrogen) atoms. The number of nitrogens with zero attached hydrogens (tertiary/aromatic N) is 1. The Morgan fingerprint density at radius 2 is 1.95 bits per heavy atom. The van der Waals surface area contributed by atoms with E-state index in [2.05, 4.69) is 0 Å². The molecule has 0 radical (unpaired) electrons. The Morgan fingerprint density at radius 1 is 1.26 bits per heavy atom. The first kappa shape index (κ1) is 14.1. The average molecular weight is 271 g/mol. The van der Waals surface area contributed by atoms with E-state index in [0.717, 1.165) is 12.1 Å². The van der Waals surface area contributed by atoms with Crippen LogP contribution in [0.15, 0.2) is 24.3 Å². The van der Waals surface area contributed by atoms with Crippen LogP contribution in [0.25, 0.3) is 0 Å². The average Bonchev–Trinajstić information content (AvgIpc) is 2.33. The van der Waals surface area contributed by atoms with E-state index >= 15 is 0 Å². The molecule has 2 rings (SSSR count). The lowest BCUT2D eigenvalue weighted by Gasteiger charge is -2.33. The highest BCUT2D eigenvalue weighted by Gasteiger charge is 2.35. The molecular weight excluding hydrogens is 255 g/mol. The molecule has 2 nitrogen and oxygen atoms in total. The molecule has 0 saturated carbocycles. The van der Waals surface area contributed by atoms with E-state index in [1.54, 1.807) is 6.07 Å². The number of carbonyl (C=O) groups is 1. The number of alkyl halides is 3. The number of likely N-dealkylation sites (N-methyl/N-ethyl adjacent to an activating group) is 1. The summed E-state index contributed by atoms with van der Waals surface area (Å²) in [4.78, 5) is 14.1. The zero-order chi connectivity index (χ0) is 14.2. The third kappa shape index (κ3) is 2.97. The highest BCUT2D eigenvalue weighted by atomic mass is 19.4. The fourth-order valence-corrected chi connectivity index (χ4v) is 2.58. The summed E-state index contributed by atoms with van der Waals surface area (Å²) in [6.45, 7) is 2.96. The van der Waals surface area contributed by atoms with Crippen LogP contribution in [0.3, 0.4) is 0 Å². The number of halogens is 3. The van der Waals surface area contributed by atoms with Crippen LogP contribution in [0, 0.1) is 5.92 Å². The number of ketones is 1. The van der Waals surface area contributed by atoms with Gasteiger partial charge < -0.3 is 4.90 Å². The molecule has 0 aliphatic carbocycles. The Balaban J connectivity index is 2.33. The van der Waals surface area contributed by atoms with Gasteiger partial charge in [-0.05, 0) is 18.7 Å². The molecule has 1 aliphatic heterocycles. The minimum absolute atomic E-state index is 0.0254. The van der Waals surface area contributed by atoms with Crippen molar-refractivity contribution in [2.45, 2.75) is 19.0 Å². The number of benzene rings is 1. The van der Waals surface area contributed by atoms with Crippen molar-refractivity contribution in [3.8, 4) is 0 Å². The van der Waals surface area contributed by atoms with E-state index in [9.17, 15) is 18.0 Å². The minimum atomic E-state index is -4.37. The molecule has 0 N–H and O–H groups in total. The number of rotatable bonds is 1. The van der Waals surface area contributed by atoms with Crippen molar-refractivity contribution in [3.05, 3.63) is 35.4 Å². The largest absolute Gasteiger partial charge is 0.416 e. The van der Waals surface area contributed by atoms with Crippen LogP contribution in [0.2, 0.25) is 0 Å². The van der Waals surface area contributed by atoms with Gasteiger partial charge in [0.15, 0.2) is 0 Å². The highest BCUT2D eigenvalue weighted by Crippen LogP contribution is 2.33. The van der Waals surface area contributed by atoms with E-state index in [4.69, 9.17) is 0 Å². The Bertz CT molecular complexity index is 484. The SMILES string of the molecule is CC1CN(C)CC(c2cccc(C(F)(F)F)c2)C1=O. The van der Waals surface area contributed by atoms with E-state index < -0.39 is 17.7 Å². The summed E-state index contributed by atoms with van der Waals surface area (Å²) < 4.78 is 38.1. The van der Waals surface area contributed by atoms with Crippen molar-refractivity contribution in [3.63, 3.8) is 0 Å². The van der Waals surface area contributed by atoms with Crippen molar-refractivity contribution in [2.24, 2.45) is 5.92 Å². The summed E-state index contributed by atoms with van der Waals surface area (Å²) in [5.41, 5.74) is -0.239. The van der Waals surface area contributed by atoms with Gasteiger partial charge in [0.25, 0.3) is 0 Å². The van der Waals surface area contributed by atoms with Gasteiger partial charge in [-0.3, -0.25) is 4.79 Å². The molecule has 1 heterocycles. The summed E-state index contributed by atoms with van der Waals surface area (Å²) >= 11 is 0. The molecule has 1 aliphatic rings. The maximum atomic E-state index is 12.7. The highest BCUT2D eigenvalue weighted by molar-refractivity contribution is 5.88. The Morgan fingerprint density at radius 3 is 2.58 bits per heavy atom. The molecule has 5 heteroatoms. The minimum Gasteiger partial charge on any atom is -0.305 e. The Hall–Kier alpha value is -1.36. The third-order valence-electron chi connectivity index (χ3n) is 3.53. The number of piperidine rings is 1. The number of Topliss-reactive ketones (excluding diaryl/α,β-unsaturated/α-hetero) is 1. The van der Waals surface area contributed by atoms with E-state index in [0.29, 0.717) is 18.7 Å². The van der Waals surface area contributed by atoms with Gasteiger partial charge in [0.05, 0.1) is 11.5 Å². The van der Waals surface area contributed by atoms with Gasteiger partial charge in [-0.15, -0.1) is 0 Å². The van der Waals surface area contributed by atoms with Crippen molar-refractivity contribution < 1.29 is 18.0 Å². The molecule has 0 bridgehead atoms. The van der Waals surface area contributed by atoms with Crippen LogP contribution in [0.4, 0.5) is 13.2 Å². The monoisotopic (exact) mass is 271 g/mol. The lowest BCUT2D eigenvalue weighted by molar-refractivity contribution is -0.137. The van der Waals surface area contributed by atoms with Crippen molar-refractivity contribution >= 4 is 5.78 Å². The predicted molar refractivity (Wildman–Crippen MR) is 65.9 cm³/mol. The van der Waals surface area contributed by atoms with Crippen molar-refractivity contribution in [1.29, 1.82) is 0 Å². The quantitative estimate of drug-likeness (QED) is 0.782. The fourth-order valence-electron chi connectivity index (χ4n) is 2.58. The second kappa shape index (κ2) is 4.96. The van der Waals surface area contributed by atoms with E-state index in [1.807, 2.05) is 18.9 Å². The van der Waals surface area contributed by atoms with Crippen LogP contribution in [-0.2, 0) is 11.0 Å². The van der Waals surface area contributed by atoms with Gasteiger partial charge in [-0.2, -0.15) is 13.2 Å². The molecule has 0 amide bonds. The number of carbonyl (C=O) groups excluding carboxylic acids is 1. The predicted octanol–water partition coefficient (Wildman–Crippen LogP) is 2.94. The van der Waals surface area contributed by atoms with Crippen LogP contribution in [0.1, 0.15) is 24.0 Å². The fraction of sp³-hybridized carbons (Fsp3) is 0.500. The van der Waals surface area contributed by atoms with Crippen molar-refractivity contribution in [1.82, 2.24) is 4.90 Å². The van der Waals surface area contributed by atoms with E-state index in [1.165, 1.54) is 6.07 Å².